The van der Waals surface area contributed by atoms with Crippen LogP contribution in [0.2, 0.25) is 0 Å². The SMILES string of the molecule is c1ccc([Si](c2ccccc2)(c2cccc(-c3ccc4c(c3)nc3n4-c4ccccc4CS3)c2)c2cccc(-c3cccc4oc5ccccc5c34)c2)cc1. The number of fused-ring (bicyclic) bond motifs is 8. The van der Waals surface area contributed by atoms with Crippen molar-refractivity contribution in [1.29, 1.82) is 0 Å². The van der Waals surface area contributed by atoms with Crippen LogP contribution in [0.15, 0.2) is 204 Å². The first-order valence-corrected chi connectivity index (χ1v) is 21.7. The van der Waals surface area contributed by atoms with Crippen LogP contribution in [0.25, 0.3) is 60.9 Å². The Morgan fingerprint density at radius 3 is 1.93 bits per heavy atom. The van der Waals surface area contributed by atoms with Crippen molar-refractivity contribution in [3.05, 3.63) is 200 Å². The fourth-order valence-electron chi connectivity index (χ4n) is 8.80. The first-order valence-electron chi connectivity index (χ1n) is 18.7. The molecule has 55 heavy (non-hydrogen) atoms. The Bertz CT molecular complexity index is 3020. The molecule has 0 saturated carbocycles. The Morgan fingerprint density at radius 2 is 1.13 bits per heavy atom. The highest BCUT2D eigenvalue weighted by molar-refractivity contribution is 7.98. The molecule has 11 rings (SSSR count). The summed E-state index contributed by atoms with van der Waals surface area (Å²) in [6.07, 6.45) is 0. The van der Waals surface area contributed by atoms with Crippen molar-refractivity contribution in [1.82, 2.24) is 9.55 Å². The van der Waals surface area contributed by atoms with Gasteiger partial charge in [-0.15, -0.1) is 0 Å². The Hall–Kier alpha value is -6.40. The summed E-state index contributed by atoms with van der Waals surface area (Å²) in [6.45, 7) is 0. The van der Waals surface area contributed by atoms with Gasteiger partial charge in [0.2, 0.25) is 0 Å². The van der Waals surface area contributed by atoms with E-state index in [1.807, 2.05) is 17.8 Å². The van der Waals surface area contributed by atoms with Crippen molar-refractivity contribution < 1.29 is 4.42 Å². The van der Waals surface area contributed by atoms with Gasteiger partial charge in [-0.3, -0.25) is 4.57 Å². The molecule has 1 aliphatic heterocycles. The summed E-state index contributed by atoms with van der Waals surface area (Å²) in [5.74, 6) is 0.940. The highest BCUT2D eigenvalue weighted by atomic mass is 32.2. The molecule has 8 aromatic carbocycles. The molecular formula is C50H34N2OSSi. The van der Waals surface area contributed by atoms with Gasteiger partial charge in [0, 0.05) is 16.5 Å². The molecule has 260 valence electrons. The molecule has 0 atom stereocenters. The molecule has 0 unspecified atom stereocenters. The summed E-state index contributed by atoms with van der Waals surface area (Å²) in [7, 11) is -2.88. The Balaban J connectivity index is 1.12. The lowest BCUT2D eigenvalue weighted by Crippen LogP contribution is -2.74. The van der Waals surface area contributed by atoms with Crippen LogP contribution in [0.5, 0.6) is 0 Å². The van der Waals surface area contributed by atoms with Crippen LogP contribution in [-0.4, -0.2) is 17.6 Å². The highest BCUT2D eigenvalue weighted by Gasteiger charge is 2.41. The molecule has 3 nitrogen and oxygen atoms in total. The predicted molar refractivity (Wildman–Crippen MR) is 232 cm³/mol. The summed E-state index contributed by atoms with van der Waals surface area (Å²) in [5, 5.41) is 8.70. The van der Waals surface area contributed by atoms with E-state index in [1.165, 1.54) is 54.3 Å². The standard InChI is InChI=1S/C50H34N2OSSi/c1-3-17-38(18-4-1)55(39-19-5-2-6-20-39,41-22-12-16-36(31-41)42-24-13-27-48-49(42)43-23-8-10-26-47(43)53-48)40-21-11-15-34(30-40)35-28-29-46-44(32-35)51-50-52(46)45-25-9-7-14-37(45)33-54-50/h1-32H,33H2. The number of furan rings is 1. The van der Waals surface area contributed by atoms with Crippen molar-refractivity contribution >= 4 is 73.6 Å². The molecule has 0 spiro atoms. The van der Waals surface area contributed by atoms with Crippen LogP contribution in [0.3, 0.4) is 0 Å². The lowest BCUT2D eigenvalue weighted by atomic mass is 9.99. The van der Waals surface area contributed by atoms with E-state index < -0.39 is 8.07 Å². The molecule has 10 aromatic rings. The van der Waals surface area contributed by atoms with E-state index in [0.717, 1.165) is 43.9 Å². The number of benzene rings is 8. The molecule has 0 fully saturated rings. The molecule has 5 heteroatoms. The van der Waals surface area contributed by atoms with Gasteiger partial charge >= 0.3 is 0 Å². The Kier molecular flexibility index (Phi) is 7.51. The van der Waals surface area contributed by atoms with Crippen LogP contribution >= 0.6 is 11.8 Å². The van der Waals surface area contributed by atoms with Crippen molar-refractivity contribution in [3.8, 4) is 27.9 Å². The zero-order valence-corrected chi connectivity index (χ0v) is 31.7. The van der Waals surface area contributed by atoms with Gasteiger partial charge in [-0.25, -0.2) is 4.98 Å². The van der Waals surface area contributed by atoms with Crippen molar-refractivity contribution in [2.75, 3.05) is 0 Å². The molecule has 0 radical (unpaired) electrons. The van der Waals surface area contributed by atoms with Gasteiger partial charge in [-0.05, 0) is 78.9 Å². The fraction of sp³-hybridized carbons (Fsp3) is 0.0200. The van der Waals surface area contributed by atoms with Crippen LogP contribution in [0.1, 0.15) is 5.56 Å². The third-order valence-corrected chi connectivity index (χ3v) is 17.0. The minimum absolute atomic E-state index is 0.907. The largest absolute Gasteiger partial charge is 0.456 e. The number of hydrogen-bond acceptors (Lipinski definition) is 3. The van der Waals surface area contributed by atoms with Crippen LogP contribution in [-0.2, 0) is 5.75 Å². The second-order valence-corrected chi connectivity index (χ2v) is 19.0. The van der Waals surface area contributed by atoms with Gasteiger partial charge in [-0.1, -0.05) is 176 Å². The molecule has 0 N–H and O–H groups in total. The predicted octanol–water partition coefficient (Wildman–Crippen LogP) is 10.2. The van der Waals surface area contributed by atoms with E-state index in [2.05, 4.69) is 193 Å². The highest BCUT2D eigenvalue weighted by Crippen LogP contribution is 2.39. The summed E-state index contributed by atoms with van der Waals surface area (Å²) >= 11 is 1.81. The average Bonchev–Trinajstić information content (AvgIpc) is 3.84. The third kappa shape index (κ3) is 5.08. The molecule has 0 bridgehead atoms. The normalized spacial score (nSPS) is 12.6. The zero-order chi connectivity index (χ0) is 36.3. The van der Waals surface area contributed by atoms with Gasteiger partial charge in [0.15, 0.2) is 13.2 Å². The van der Waals surface area contributed by atoms with Gasteiger partial charge in [0.25, 0.3) is 0 Å². The zero-order valence-electron chi connectivity index (χ0n) is 29.9. The minimum Gasteiger partial charge on any atom is -0.456 e. The lowest BCUT2D eigenvalue weighted by molar-refractivity contribution is 0.669. The minimum atomic E-state index is -2.88. The van der Waals surface area contributed by atoms with Crippen LogP contribution < -0.4 is 20.7 Å². The molecule has 0 amide bonds. The fourth-order valence-corrected chi connectivity index (χ4v) is 14.6. The van der Waals surface area contributed by atoms with Crippen molar-refractivity contribution in [3.63, 3.8) is 0 Å². The van der Waals surface area contributed by atoms with E-state index in [4.69, 9.17) is 9.40 Å². The topological polar surface area (TPSA) is 31.0 Å². The van der Waals surface area contributed by atoms with E-state index in [0.29, 0.717) is 0 Å². The van der Waals surface area contributed by atoms with Crippen LogP contribution in [0, 0.1) is 0 Å². The molecule has 0 aliphatic carbocycles. The maximum Gasteiger partial charge on any atom is 0.179 e. The summed E-state index contributed by atoms with van der Waals surface area (Å²) in [5.41, 5.74) is 11.3. The van der Waals surface area contributed by atoms with Crippen LogP contribution in [0.4, 0.5) is 0 Å². The quantitative estimate of drug-likeness (QED) is 0.126. The maximum absolute atomic E-state index is 6.34. The Morgan fingerprint density at radius 1 is 0.509 bits per heavy atom. The average molecular weight is 739 g/mol. The number of aromatic nitrogens is 2. The number of rotatable bonds is 6. The molecule has 2 aromatic heterocycles. The second-order valence-electron chi connectivity index (χ2n) is 14.3. The first kappa shape index (κ1) is 32.1. The molecule has 3 heterocycles. The van der Waals surface area contributed by atoms with E-state index in [1.54, 1.807) is 0 Å². The van der Waals surface area contributed by atoms with Crippen molar-refractivity contribution in [2.24, 2.45) is 0 Å². The third-order valence-electron chi connectivity index (χ3n) is 11.3. The van der Waals surface area contributed by atoms with Gasteiger partial charge < -0.3 is 4.42 Å². The van der Waals surface area contributed by atoms with Gasteiger partial charge in [0.05, 0.1) is 16.7 Å². The Labute approximate surface area is 324 Å². The molecule has 0 saturated heterocycles. The van der Waals surface area contributed by atoms with E-state index >= 15 is 0 Å². The van der Waals surface area contributed by atoms with Gasteiger partial charge in [-0.2, -0.15) is 0 Å². The maximum atomic E-state index is 6.34. The monoisotopic (exact) mass is 738 g/mol. The van der Waals surface area contributed by atoms with Gasteiger partial charge in [0.1, 0.15) is 11.2 Å². The molecular weight excluding hydrogens is 705 g/mol. The number of para-hydroxylation sites is 2. The smallest absolute Gasteiger partial charge is 0.179 e. The summed E-state index contributed by atoms with van der Waals surface area (Å²) in [6, 6.07) is 71.2. The number of hydrogen-bond donors (Lipinski definition) is 0. The summed E-state index contributed by atoms with van der Waals surface area (Å²) in [4.78, 5) is 5.16. The first-order chi connectivity index (χ1) is 27.3. The second kappa shape index (κ2) is 12.9. The lowest BCUT2D eigenvalue weighted by Gasteiger charge is -2.35. The summed E-state index contributed by atoms with van der Waals surface area (Å²) < 4.78 is 8.66. The number of thioether (sulfide) groups is 1. The molecule has 1 aliphatic rings. The number of nitrogens with zero attached hydrogens (tertiary/aromatic N) is 2. The number of imidazole rings is 1. The van der Waals surface area contributed by atoms with Crippen molar-refractivity contribution in [2.45, 2.75) is 10.9 Å². The van der Waals surface area contributed by atoms with E-state index in [9.17, 15) is 0 Å². The van der Waals surface area contributed by atoms with E-state index in [-0.39, 0.29) is 0 Å².